The van der Waals surface area contributed by atoms with Gasteiger partial charge in [0.15, 0.2) is 18.4 Å². The summed E-state index contributed by atoms with van der Waals surface area (Å²) in [5, 5.41) is 0.937. The van der Waals surface area contributed by atoms with Crippen LogP contribution in [-0.4, -0.2) is 6.73 Å². The molecule has 0 radical (unpaired) electrons. The summed E-state index contributed by atoms with van der Waals surface area (Å²) in [6.07, 6.45) is 2.57. The lowest BCUT2D eigenvalue weighted by molar-refractivity contribution is 0.289. The van der Waals surface area contributed by atoms with Crippen LogP contribution in [0, 0.1) is 11.6 Å². The molecule has 2 aromatic carbocycles. The average Bonchev–Trinajstić information content (AvgIpc) is 3.14. The maximum absolute atomic E-state index is 13.6. The molecule has 132 valence electrons. The molecule has 6 heteroatoms. The summed E-state index contributed by atoms with van der Waals surface area (Å²) >= 11 is 0. The monoisotopic (exact) mass is 355 g/mol. The van der Waals surface area contributed by atoms with Crippen molar-refractivity contribution in [2.24, 2.45) is 0 Å². The molecule has 0 atom stereocenters. The van der Waals surface area contributed by atoms with Gasteiger partial charge in [-0.2, -0.15) is 0 Å². The number of nitrogens with zero attached hydrogens (tertiary/aromatic N) is 1. The predicted octanol–water partition coefficient (Wildman–Crippen LogP) is 3.92. The zero-order valence-corrected chi connectivity index (χ0v) is 13.9. The molecule has 26 heavy (non-hydrogen) atoms. The Hall–Kier alpha value is -2.89. The highest BCUT2D eigenvalue weighted by atomic mass is 19.2. The average molecular weight is 355 g/mol. The van der Waals surface area contributed by atoms with Gasteiger partial charge in [0.2, 0.25) is 0 Å². The Labute approximate surface area is 147 Å². The van der Waals surface area contributed by atoms with Crippen molar-refractivity contribution >= 4 is 16.7 Å². The largest absolute Gasteiger partial charge is 0.473 e. The van der Waals surface area contributed by atoms with Crippen LogP contribution >= 0.6 is 0 Å². The van der Waals surface area contributed by atoms with Gasteiger partial charge >= 0.3 is 5.63 Å². The number of aryl methyl sites for hydroxylation is 1. The first-order valence-corrected chi connectivity index (χ1v) is 8.55. The highest BCUT2D eigenvalue weighted by Crippen LogP contribution is 2.37. The first kappa shape index (κ1) is 15.4. The molecular formula is C20H15F2NO3. The van der Waals surface area contributed by atoms with Crippen molar-refractivity contribution in [1.29, 1.82) is 0 Å². The molecule has 0 spiro atoms. The van der Waals surface area contributed by atoms with Gasteiger partial charge in [-0.3, -0.25) is 0 Å². The van der Waals surface area contributed by atoms with Crippen LogP contribution in [0.15, 0.2) is 39.5 Å². The molecule has 0 fully saturated rings. The Morgan fingerprint density at radius 2 is 1.81 bits per heavy atom. The normalized spacial score (nSPS) is 15.7. The lowest BCUT2D eigenvalue weighted by Gasteiger charge is -2.31. The van der Waals surface area contributed by atoms with Gasteiger partial charge in [0, 0.05) is 22.7 Å². The molecule has 4 nitrogen and oxygen atoms in total. The van der Waals surface area contributed by atoms with Crippen molar-refractivity contribution in [2.45, 2.75) is 25.8 Å². The lowest BCUT2D eigenvalue weighted by atomic mass is 10.0. The molecule has 2 heterocycles. The minimum Gasteiger partial charge on any atom is -0.473 e. The van der Waals surface area contributed by atoms with Crippen molar-refractivity contribution in [1.82, 2.24) is 0 Å². The number of fused-ring (bicyclic) bond motifs is 5. The summed E-state index contributed by atoms with van der Waals surface area (Å²) in [6, 6.07) is 7.57. The molecule has 1 aliphatic carbocycles. The van der Waals surface area contributed by atoms with Crippen LogP contribution in [0.3, 0.4) is 0 Å². The summed E-state index contributed by atoms with van der Waals surface area (Å²) < 4.78 is 38.2. The second kappa shape index (κ2) is 5.56. The Balaban J connectivity index is 1.64. The molecule has 2 aliphatic rings. The summed E-state index contributed by atoms with van der Waals surface area (Å²) in [6.45, 7) is 0.595. The van der Waals surface area contributed by atoms with Crippen LogP contribution in [0.2, 0.25) is 0 Å². The SMILES string of the molecule is O=c1oc2c3c(ccc2c2c1CCC2)OCN(c1ccc(F)c(F)c1)C3. The minimum absolute atomic E-state index is 0.207. The van der Waals surface area contributed by atoms with Crippen molar-refractivity contribution in [3.8, 4) is 5.75 Å². The maximum Gasteiger partial charge on any atom is 0.339 e. The van der Waals surface area contributed by atoms with E-state index in [1.165, 1.54) is 6.07 Å². The third-order valence-electron chi connectivity index (χ3n) is 5.19. The van der Waals surface area contributed by atoms with E-state index in [1.54, 1.807) is 4.90 Å². The first-order valence-electron chi connectivity index (χ1n) is 8.55. The molecule has 1 aromatic heterocycles. The van der Waals surface area contributed by atoms with E-state index in [9.17, 15) is 13.6 Å². The quantitative estimate of drug-likeness (QED) is 0.621. The van der Waals surface area contributed by atoms with Gasteiger partial charge in [-0.25, -0.2) is 13.6 Å². The van der Waals surface area contributed by atoms with Crippen LogP contribution in [0.5, 0.6) is 5.75 Å². The number of benzene rings is 2. The van der Waals surface area contributed by atoms with Gasteiger partial charge in [0.25, 0.3) is 0 Å². The predicted molar refractivity (Wildman–Crippen MR) is 92.5 cm³/mol. The highest BCUT2D eigenvalue weighted by Gasteiger charge is 2.26. The number of anilines is 1. The summed E-state index contributed by atoms with van der Waals surface area (Å²) in [7, 11) is 0. The number of hydrogen-bond acceptors (Lipinski definition) is 4. The van der Waals surface area contributed by atoms with Crippen LogP contribution in [0.4, 0.5) is 14.5 Å². The lowest BCUT2D eigenvalue weighted by Crippen LogP contribution is -2.32. The number of ether oxygens (including phenoxy) is 1. The van der Waals surface area contributed by atoms with Gasteiger partial charge in [-0.1, -0.05) is 0 Å². The first-order chi connectivity index (χ1) is 12.6. The summed E-state index contributed by atoms with van der Waals surface area (Å²) in [5.74, 6) is -1.15. The van der Waals surface area contributed by atoms with E-state index in [-0.39, 0.29) is 12.4 Å². The standard InChI is InChI=1S/C20H15F2NO3/c21-16-6-4-11(8-17(16)22)23-9-15-18(25-10-23)7-5-13-12-2-1-3-14(12)20(24)26-19(13)15/h4-8H,1-3,9-10H2. The fourth-order valence-corrected chi connectivity index (χ4v) is 3.90. The second-order valence-electron chi connectivity index (χ2n) is 6.69. The van der Waals surface area contributed by atoms with Crippen molar-refractivity contribution in [3.05, 3.63) is 69.1 Å². The molecule has 1 aliphatic heterocycles. The molecule has 0 saturated heterocycles. The fourth-order valence-electron chi connectivity index (χ4n) is 3.90. The number of hydrogen-bond donors (Lipinski definition) is 0. The van der Waals surface area contributed by atoms with Gasteiger partial charge in [0.05, 0.1) is 12.1 Å². The van der Waals surface area contributed by atoms with E-state index in [2.05, 4.69) is 0 Å². The molecule has 0 saturated carbocycles. The maximum atomic E-state index is 13.6. The Morgan fingerprint density at radius 3 is 2.65 bits per heavy atom. The van der Waals surface area contributed by atoms with Gasteiger partial charge in [0.1, 0.15) is 11.3 Å². The topological polar surface area (TPSA) is 42.7 Å². The van der Waals surface area contributed by atoms with E-state index in [0.29, 0.717) is 23.6 Å². The number of rotatable bonds is 1. The molecule has 0 bridgehead atoms. The Morgan fingerprint density at radius 1 is 0.962 bits per heavy atom. The summed E-state index contributed by atoms with van der Waals surface area (Å²) in [4.78, 5) is 14.1. The fraction of sp³-hybridized carbons (Fsp3) is 0.250. The third kappa shape index (κ3) is 2.21. The minimum atomic E-state index is -0.907. The molecular weight excluding hydrogens is 340 g/mol. The van der Waals surface area contributed by atoms with E-state index in [0.717, 1.165) is 53.5 Å². The third-order valence-corrected chi connectivity index (χ3v) is 5.19. The van der Waals surface area contributed by atoms with Crippen molar-refractivity contribution < 1.29 is 17.9 Å². The van der Waals surface area contributed by atoms with Gasteiger partial charge in [-0.05, 0) is 49.1 Å². The Bertz CT molecular complexity index is 1110. The van der Waals surface area contributed by atoms with Crippen molar-refractivity contribution in [2.75, 3.05) is 11.6 Å². The van der Waals surface area contributed by atoms with E-state index >= 15 is 0 Å². The van der Waals surface area contributed by atoms with Crippen LogP contribution < -0.4 is 15.3 Å². The van der Waals surface area contributed by atoms with Crippen molar-refractivity contribution in [3.63, 3.8) is 0 Å². The van der Waals surface area contributed by atoms with E-state index in [1.807, 2.05) is 12.1 Å². The van der Waals surface area contributed by atoms with Crippen LogP contribution in [0.1, 0.15) is 23.1 Å². The van der Waals surface area contributed by atoms with Crippen LogP contribution in [0.25, 0.3) is 11.0 Å². The van der Waals surface area contributed by atoms with E-state index < -0.39 is 11.6 Å². The zero-order valence-electron chi connectivity index (χ0n) is 13.9. The Kier molecular flexibility index (Phi) is 3.29. The molecule has 0 unspecified atom stereocenters. The number of halogens is 2. The van der Waals surface area contributed by atoms with E-state index in [4.69, 9.17) is 9.15 Å². The smallest absolute Gasteiger partial charge is 0.339 e. The second-order valence-corrected chi connectivity index (χ2v) is 6.69. The zero-order chi connectivity index (χ0) is 17.8. The highest BCUT2D eigenvalue weighted by molar-refractivity contribution is 5.87. The van der Waals surface area contributed by atoms with Gasteiger partial charge < -0.3 is 14.1 Å². The summed E-state index contributed by atoms with van der Waals surface area (Å²) in [5.41, 5.74) is 3.33. The molecule has 5 rings (SSSR count). The van der Waals surface area contributed by atoms with Gasteiger partial charge in [-0.15, -0.1) is 0 Å². The molecule has 3 aromatic rings. The van der Waals surface area contributed by atoms with Crippen LogP contribution in [-0.2, 0) is 19.4 Å². The molecule has 0 N–H and O–H groups in total. The molecule has 0 amide bonds.